The third-order valence-corrected chi connectivity index (χ3v) is 5.06. The average molecular weight is 311 g/mol. The summed E-state index contributed by atoms with van der Waals surface area (Å²) in [5, 5.41) is 0. The van der Waals surface area contributed by atoms with Crippen molar-refractivity contribution in [1.82, 2.24) is 4.72 Å². The van der Waals surface area contributed by atoms with Crippen LogP contribution in [-0.2, 0) is 21.2 Å². The van der Waals surface area contributed by atoms with Crippen LogP contribution in [-0.4, -0.2) is 34.0 Å². The summed E-state index contributed by atoms with van der Waals surface area (Å²) < 4.78 is 26.0. The average Bonchev–Trinajstić information content (AvgIpc) is 2.87. The van der Waals surface area contributed by atoms with Crippen LogP contribution in [0.2, 0.25) is 0 Å². The number of rotatable bonds is 5. The Kier molecular flexibility index (Phi) is 4.65. The molecule has 0 saturated carbocycles. The second-order valence-corrected chi connectivity index (χ2v) is 7.20. The van der Waals surface area contributed by atoms with Gasteiger partial charge in [0, 0.05) is 24.7 Å². The van der Waals surface area contributed by atoms with Gasteiger partial charge in [0.1, 0.15) is 0 Å². The van der Waals surface area contributed by atoms with E-state index in [-0.39, 0.29) is 16.8 Å². The first-order chi connectivity index (χ1) is 9.85. The molecule has 3 N–H and O–H groups in total. The molecular formula is C14H21N3O3S. The lowest BCUT2D eigenvalue weighted by molar-refractivity contribution is -0.118. The normalized spacial score (nSPS) is 15.9. The Bertz CT molecular complexity index is 641. The summed E-state index contributed by atoms with van der Waals surface area (Å²) in [5.41, 5.74) is 7.37. The van der Waals surface area contributed by atoms with Crippen LogP contribution in [0.15, 0.2) is 23.1 Å². The number of hydrogen-bond acceptors (Lipinski definition) is 4. The molecule has 7 heteroatoms. The van der Waals surface area contributed by atoms with Crippen molar-refractivity contribution in [3.8, 4) is 0 Å². The molecule has 1 aromatic rings. The molecular weight excluding hydrogens is 290 g/mol. The number of fused-ring (bicyclic) bond motifs is 1. The maximum atomic E-state index is 12.2. The molecule has 0 aliphatic carbocycles. The zero-order valence-electron chi connectivity index (χ0n) is 12.3. The minimum atomic E-state index is -3.50. The van der Waals surface area contributed by atoms with E-state index in [9.17, 15) is 13.2 Å². The molecule has 1 aliphatic heterocycles. The molecule has 1 aromatic carbocycles. The minimum Gasteiger partial charge on any atom is -0.328 e. The fourth-order valence-electron chi connectivity index (χ4n) is 2.39. The monoisotopic (exact) mass is 311 g/mol. The van der Waals surface area contributed by atoms with Gasteiger partial charge in [-0.3, -0.25) is 4.79 Å². The molecule has 0 radical (unpaired) electrons. The number of benzene rings is 1. The van der Waals surface area contributed by atoms with Gasteiger partial charge >= 0.3 is 0 Å². The number of nitrogens with two attached hydrogens (primary N) is 1. The topological polar surface area (TPSA) is 92.5 Å². The number of amides is 1. The molecule has 1 atom stereocenters. The molecule has 0 bridgehead atoms. The Morgan fingerprint density at radius 2 is 2.19 bits per heavy atom. The smallest absolute Gasteiger partial charge is 0.240 e. The molecule has 0 spiro atoms. The maximum absolute atomic E-state index is 12.2. The fraction of sp³-hybridized carbons (Fsp3) is 0.500. The fourth-order valence-corrected chi connectivity index (χ4v) is 3.14. The summed E-state index contributed by atoms with van der Waals surface area (Å²) >= 11 is 0. The van der Waals surface area contributed by atoms with Gasteiger partial charge < -0.3 is 10.6 Å². The second kappa shape index (κ2) is 6.13. The quantitative estimate of drug-likeness (QED) is 0.833. The van der Waals surface area contributed by atoms with Crippen molar-refractivity contribution in [2.24, 2.45) is 5.73 Å². The third kappa shape index (κ3) is 3.42. The Labute approximate surface area is 125 Å². The summed E-state index contributed by atoms with van der Waals surface area (Å²) in [6.07, 6.45) is 1.75. The van der Waals surface area contributed by atoms with E-state index in [0.29, 0.717) is 25.1 Å². The number of sulfonamides is 1. The highest BCUT2D eigenvalue weighted by Crippen LogP contribution is 2.31. The third-order valence-electron chi connectivity index (χ3n) is 3.65. The van der Waals surface area contributed by atoms with Gasteiger partial charge in [0.15, 0.2) is 0 Å². The molecule has 1 unspecified atom stereocenters. The molecule has 2 rings (SSSR count). The van der Waals surface area contributed by atoms with Crippen molar-refractivity contribution < 1.29 is 13.2 Å². The number of carbonyl (C=O) groups is 1. The zero-order valence-corrected chi connectivity index (χ0v) is 13.1. The molecule has 0 saturated heterocycles. The molecule has 0 aromatic heterocycles. The summed E-state index contributed by atoms with van der Waals surface area (Å²) in [4.78, 5) is 14.1. The summed E-state index contributed by atoms with van der Waals surface area (Å²) in [5.74, 6) is -0.00921. The lowest BCUT2D eigenvalue weighted by atomic mass is 10.1. The van der Waals surface area contributed by atoms with Gasteiger partial charge in [-0.25, -0.2) is 13.1 Å². The predicted molar refractivity (Wildman–Crippen MR) is 81.6 cm³/mol. The Balaban J connectivity index is 2.26. The van der Waals surface area contributed by atoms with Crippen LogP contribution in [0.4, 0.5) is 5.69 Å². The standard InChI is InChI=1S/C14H21N3O3S/c1-10(15)3-6-14(18)17-8-7-11-4-5-12(9-13(11)17)21(19,20)16-2/h4-5,9-10,16H,3,6-8,15H2,1-2H3. The van der Waals surface area contributed by atoms with Gasteiger partial charge in [-0.1, -0.05) is 6.07 Å². The van der Waals surface area contributed by atoms with Crippen molar-refractivity contribution in [2.75, 3.05) is 18.5 Å². The van der Waals surface area contributed by atoms with Crippen LogP contribution in [0.3, 0.4) is 0 Å². The Morgan fingerprint density at radius 3 is 2.81 bits per heavy atom. The molecule has 1 amide bonds. The summed E-state index contributed by atoms with van der Waals surface area (Å²) in [6.45, 7) is 2.46. The highest BCUT2D eigenvalue weighted by atomic mass is 32.2. The van der Waals surface area contributed by atoms with E-state index in [4.69, 9.17) is 5.73 Å². The SMILES string of the molecule is CNS(=O)(=O)c1ccc2c(c1)N(C(=O)CCC(C)N)CC2. The van der Waals surface area contributed by atoms with Gasteiger partial charge in [-0.15, -0.1) is 0 Å². The van der Waals surface area contributed by atoms with Gasteiger partial charge in [0.2, 0.25) is 15.9 Å². The van der Waals surface area contributed by atoms with E-state index < -0.39 is 10.0 Å². The lowest BCUT2D eigenvalue weighted by Gasteiger charge is -2.18. The van der Waals surface area contributed by atoms with Crippen LogP contribution in [0, 0.1) is 0 Å². The van der Waals surface area contributed by atoms with Crippen LogP contribution in [0.25, 0.3) is 0 Å². The van der Waals surface area contributed by atoms with E-state index in [0.717, 1.165) is 12.0 Å². The Morgan fingerprint density at radius 1 is 1.48 bits per heavy atom. The highest BCUT2D eigenvalue weighted by molar-refractivity contribution is 7.89. The highest BCUT2D eigenvalue weighted by Gasteiger charge is 2.26. The molecule has 116 valence electrons. The number of nitrogens with zero attached hydrogens (tertiary/aromatic N) is 1. The van der Waals surface area contributed by atoms with Crippen molar-refractivity contribution in [1.29, 1.82) is 0 Å². The molecule has 6 nitrogen and oxygen atoms in total. The molecule has 21 heavy (non-hydrogen) atoms. The predicted octanol–water partition coefficient (Wildman–Crippen LogP) is 0.611. The summed E-state index contributed by atoms with van der Waals surface area (Å²) in [7, 11) is -2.13. The molecule has 0 fully saturated rings. The number of nitrogens with one attached hydrogen (secondary N) is 1. The van der Waals surface area contributed by atoms with Crippen LogP contribution in [0.5, 0.6) is 0 Å². The van der Waals surface area contributed by atoms with E-state index in [1.807, 2.05) is 6.92 Å². The first kappa shape index (κ1) is 15.9. The van der Waals surface area contributed by atoms with Crippen molar-refractivity contribution in [2.45, 2.75) is 37.1 Å². The first-order valence-corrected chi connectivity index (χ1v) is 8.46. The van der Waals surface area contributed by atoms with Gasteiger partial charge in [0.05, 0.1) is 4.90 Å². The number of anilines is 1. The van der Waals surface area contributed by atoms with Gasteiger partial charge in [-0.2, -0.15) is 0 Å². The number of carbonyl (C=O) groups excluding carboxylic acids is 1. The first-order valence-electron chi connectivity index (χ1n) is 6.97. The van der Waals surface area contributed by atoms with E-state index in [2.05, 4.69) is 4.72 Å². The second-order valence-electron chi connectivity index (χ2n) is 5.31. The van der Waals surface area contributed by atoms with Crippen molar-refractivity contribution in [3.63, 3.8) is 0 Å². The minimum absolute atomic E-state index is 0.00921. The molecule has 1 aliphatic rings. The zero-order chi connectivity index (χ0) is 15.6. The van der Waals surface area contributed by atoms with Gasteiger partial charge in [0.25, 0.3) is 0 Å². The summed E-state index contributed by atoms with van der Waals surface area (Å²) in [6, 6.07) is 4.89. The Hall–Kier alpha value is -1.44. The number of hydrogen-bond donors (Lipinski definition) is 2. The van der Waals surface area contributed by atoms with Crippen LogP contribution < -0.4 is 15.4 Å². The van der Waals surface area contributed by atoms with E-state index in [1.165, 1.54) is 7.05 Å². The van der Waals surface area contributed by atoms with E-state index >= 15 is 0 Å². The van der Waals surface area contributed by atoms with Gasteiger partial charge in [-0.05, 0) is 44.5 Å². The maximum Gasteiger partial charge on any atom is 0.240 e. The molecule has 1 heterocycles. The van der Waals surface area contributed by atoms with Crippen LogP contribution in [0.1, 0.15) is 25.3 Å². The van der Waals surface area contributed by atoms with Crippen LogP contribution >= 0.6 is 0 Å². The van der Waals surface area contributed by atoms with Crippen molar-refractivity contribution in [3.05, 3.63) is 23.8 Å². The largest absolute Gasteiger partial charge is 0.328 e. The van der Waals surface area contributed by atoms with Crippen molar-refractivity contribution >= 4 is 21.6 Å². The van der Waals surface area contributed by atoms with E-state index in [1.54, 1.807) is 23.1 Å². The lowest BCUT2D eigenvalue weighted by Crippen LogP contribution is -2.30.